The van der Waals surface area contributed by atoms with Crippen molar-refractivity contribution in [1.29, 1.82) is 0 Å². The quantitative estimate of drug-likeness (QED) is 0.737. The SMILES string of the molecule is CCCNc1ncnc(NC(C)C(N)=O)c1Br. The molecule has 0 radical (unpaired) electrons. The van der Waals surface area contributed by atoms with Gasteiger partial charge in [0.05, 0.1) is 0 Å². The van der Waals surface area contributed by atoms with Crippen LogP contribution < -0.4 is 16.4 Å². The zero-order chi connectivity index (χ0) is 12.8. The van der Waals surface area contributed by atoms with Crippen molar-refractivity contribution in [1.82, 2.24) is 9.97 Å². The van der Waals surface area contributed by atoms with E-state index in [-0.39, 0.29) is 0 Å². The molecule has 1 aromatic rings. The molecule has 1 unspecified atom stereocenters. The minimum absolute atomic E-state index is 0.432. The van der Waals surface area contributed by atoms with Crippen molar-refractivity contribution in [2.75, 3.05) is 17.2 Å². The van der Waals surface area contributed by atoms with Crippen molar-refractivity contribution in [3.63, 3.8) is 0 Å². The molecule has 17 heavy (non-hydrogen) atoms. The predicted octanol–water partition coefficient (Wildman–Crippen LogP) is 1.35. The maximum absolute atomic E-state index is 11.0. The number of carbonyl (C=O) groups excluding carboxylic acids is 1. The number of rotatable bonds is 6. The molecule has 0 aliphatic carbocycles. The standard InChI is InChI=1S/C10H16BrN5O/c1-3-4-13-9-7(11)10(15-5-14-9)16-6(2)8(12)17/h5-6H,3-4H2,1-2H3,(H2,12,17)(H2,13,14,15,16). The predicted molar refractivity (Wildman–Crippen MR) is 70.8 cm³/mol. The van der Waals surface area contributed by atoms with E-state index in [4.69, 9.17) is 5.73 Å². The van der Waals surface area contributed by atoms with Gasteiger partial charge in [-0.3, -0.25) is 4.79 Å². The van der Waals surface area contributed by atoms with E-state index in [1.807, 2.05) is 0 Å². The molecular weight excluding hydrogens is 286 g/mol. The van der Waals surface area contributed by atoms with Gasteiger partial charge in [-0.1, -0.05) is 6.92 Å². The lowest BCUT2D eigenvalue weighted by Gasteiger charge is -2.14. The van der Waals surface area contributed by atoms with E-state index < -0.39 is 11.9 Å². The van der Waals surface area contributed by atoms with Gasteiger partial charge in [-0.2, -0.15) is 0 Å². The van der Waals surface area contributed by atoms with Crippen LogP contribution >= 0.6 is 15.9 Å². The minimum Gasteiger partial charge on any atom is -0.369 e. The summed E-state index contributed by atoms with van der Waals surface area (Å²) in [5, 5.41) is 6.07. The number of primary amides is 1. The highest BCUT2D eigenvalue weighted by molar-refractivity contribution is 9.10. The first-order valence-corrected chi connectivity index (χ1v) is 6.15. The molecule has 1 aromatic heterocycles. The average molecular weight is 302 g/mol. The average Bonchev–Trinajstić information content (AvgIpc) is 2.30. The second-order valence-corrected chi connectivity index (χ2v) is 4.37. The van der Waals surface area contributed by atoms with E-state index in [2.05, 4.69) is 43.5 Å². The van der Waals surface area contributed by atoms with Crippen molar-refractivity contribution in [2.24, 2.45) is 5.73 Å². The van der Waals surface area contributed by atoms with Crippen molar-refractivity contribution in [3.8, 4) is 0 Å². The number of anilines is 2. The van der Waals surface area contributed by atoms with Gasteiger partial charge < -0.3 is 16.4 Å². The monoisotopic (exact) mass is 301 g/mol. The largest absolute Gasteiger partial charge is 0.369 e. The first-order valence-electron chi connectivity index (χ1n) is 5.36. The normalized spacial score (nSPS) is 11.9. The molecule has 0 aliphatic rings. The first-order chi connectivity index (χ1) is 8.06. The Hall–Kier alpha value is -1.37. The first kappa shape index (κ1) is 13.7. The number of nitrogens with one attached hydrogen (secondary N) is 2. The third-order valence-electron chi connectivity index (χ3n) is 2.11. The molecular formula is C10H16BrN5O. The van der Waals surface area contributed by atoms with Crippen LogP contribution in [-0.4, -0.2) is 28.5 Å². The number of halogens is 1. The summed E-state index contributed by atoms with van der Waals surface area (Å²) >= 11 is 3.39. The number of hydrogen-bond acceptors (Lipinski definition) is 5. The third kappa shape index (κ3) is 3.85. The molecule has 1 rings (SSSR count). The van der Waals surface area contributed by atoms with Crippen molar-refractivity contribution in [3.05, 3.63) is 10.8 Å². The second kappa shape index (κ2) is 6.39. The molecule has 4 N–H and O–H groups in total. The van der Waals surface area contributed by atoms with Crippen LogP contribution in [0.1, 0.15) is 20.3 Å². The lowest BCUT2D eigenvalue weighted by Crippen LogP contribution is -2.33. The highest BCUT2D eigenvalue weighted by Gasteiger charge is 2.13. The van der Waals surface area contributed by atoms with E-state index in [1.54, 1.807) is 6.92 Å². The Balaban J connectivity index is 2.82. The Labute approximate surface area is 109 Å². The molecule has 0 saturated carbocycles. The number of aromatic nitrogens is 2. The van der Waals surface area contributed by atoms with Crippen LogP contribution in [0.25, 0.3) is 0 Å². The molecule has 0 saturated heterocycles. The fourth-order valence-electron chi connectivity index (χ4n) is 1.11. The van der Waals surface area contributed by atoms with Crippen LogP contribution in [0.3, 0.4) is 0 Å². The molecule has 94 valence electrons. The Kier molecular flexibility index (Phi) is 5.14. The molecule has 1 heterocycles. The van der Waals surface area contributed by atoms with Crippen LogP contribution in [-0.2, 0) is 4.79 Å². The van der Waals surface area contributed by atoms with E-state index in [9.17, 15) is 4.79 Å². The van der Waals surface area contributed by atoms with Crippen molar-refractivity contribution >= 4 is 33.5 Å². The summed E-state index contributed by atoms with van der Waals surface area (Å²) < 4.78 is 0.696. The van der Waals surface area contributed by atoms with E-state index in [0.29, 0.717) is 16.1 Å². The summed E-state index contributed by atoms with van der Waals surface area (Å²) in [5.41, 5.74) is 5.18. The summed E-state index contributed by atoms with van der Waals surface area (Å²) in [4.78, 5) is 19.1. The van der Waals surface area contributed by atoms with E-state index in [0.717, 1.165) is 13.0 Å². The van der Waals surface area contributed by atoms with Crippen LogP contribution in [0, 0.1) is 0 Å². The zero-order valence-electron chi connectivity index (χ0n) is 9.83. The van der Waals surface area contributed by atoms with Gasteiger partial charge in [0.1, 0.15) is 28.5 Å². The maximum Gasteiger partial charge on any atom is 0.239 e. The molecule has 0 spiro atoms. The van der Waals surface area contributed by atoms with Crippen LogP contribution in [0.2, 0.25) is 0 Å². The Morgan fingerprint density at radius 1 is 1.53 bits per heavy atom. The summed E-state index contributed by atoms with van der Waals surface area (Å²) in [6.07, 6.45) is 2.43. The van der Waals surface area contributed by atoms with E-state index >= 15 is 0 Å². The molecule has 0 aromatic carbocycles. The molecule has 7 heteroatoms. The Morgan fingerprint density at radius 2 is 2.18 bits per heavy atom. The molecule has 0 bridgehead atoms. The summed E-state index contributed by atoms with van der Waals surface area (Å²) in [6, 6.07) is -0.486. The van der Waals surface area contributed by atoms with Gasteiger partial charge in [-0.25, -0.2) is 9.97 Å². The fraction of sp³-hybridized carbons (Fsp3) is 0.500. The van der Waals surface area contributed by atoms with Crippen molar-refractivity contribution in [2.45, 2.75) is 26.3 Å². The van der Waals surface area contributed by atoms with Gasteiger partial charge in [-0.05, 0) is 29.3 Å². The van der Waals surface area contributed by atoms with Crippen LogP contribution in [0.4, 0.5) is 11.6 Å². The number of amides is 1. The van der Waals surface area contributed by atoms with Gasteiger partial charge in [0, 0.05) is 6.54 Å². The number of nitrogens with zero attached hydrogens (tertiary/aromatic N) is 2. The summed E-state index contributed by atoms with van der Waals surface area (Å²) in [6.45, 7) is 4.56. The van der Waals surface area contributed by atoms with Gasteiger partial charge >= 0.3 is 0 Å². The molecule has 1 atom stereocenters. The minimum atomic E-state index is -0.486. The van der Waals surface area contributed by atoms with Crippen molar-refractivity contribution < 1.29 is 4.79 Å². The highest BCUT2D eigenvalue weighted by atomic mass is 79.9. The zero-order valence-corrected chi connectivity index (χ0v) is 11.4. The smallest absolute Gasteiger partial charge is 0.239 e. The Morgan fingerprint density at radius 3 is 2.76 bits per heavy atom. The molecule has 0 fully saturated rings. The van der Waals surface area contributed by atoms with Crippen LogP contribution in [0.5, 0.6) is 0 Å². The summed E-state index contributed by atoms with van der Waals surface area (Å²) in [7, 11) is 0. The summed E-state index contributed by atoms with van der Waals surface area (Å²) in [5.74, 6) is 0.810. The van der Waals surface area contributed by atoms with Gasteiger partial charge in [0.2, 0.25) is 5.91 Å². The molecule has 0 aliphatic heterocycles. The topological polar surface area (TPSA) is 92.9 Å². The third-order valence-corrected chi connectivity index (χ3v) is 2.86. The van der Waals surface area contributed by atoms with Gasteiger partial charge in [0.15, 0.2) is 0 Å². The Bertz CT molecular complexity index is 398. The maximum atomic E-state index is 11.0. The number of nitrogens with two attached hydrogens (primary N) is 1. The number of hydrogen-bond donors (Lipinski definition) is 3. The van der Waals surface area contributed by atoms with E-state index in [1.165, 1.54) is 6.33 Å². The second-order valence-electron chi connectivity index (χ2n) is 3.58. The molecule has 6 nitrogen and oxygen atoms in total. The lowest BCUT2D eigenvalue weighted by atomic mass is 10.3. The fourth-order valence-corrected chi connectivity index (χ4v) is 1.57. The molecule has 1 amide bonds. The van der Waals surface area contributed by atoms with Crippen LogP contribution in [0.15, 0.2) is 10.8 Å². The van der Waals surface area contributed by atoms with Gasteiger partial charge in [0.25, 0.3) is 0 Å². The lowest BCUT2D eigenvalue weighted by molar-refractivity contribution is -0.118. The highest BCUT2D eigenvalue weighted by Crippen LogP contribution is 2.26. The van der Waals surface area contributed by atoms with Gasteiger partial charge in [-0.15, -0.1) is 0 Å². The number of carbonyl (C=O) groups is 1.